The van der Waals surface area contributed by atoms with E-state index in [9.17, 15) is 0 Å². The van der Waals surface area contributed by atoms with Crippen LogP contribution in [0.1, 0.15) is 50.2 Å². The van der Waals surface area contributed by atoms with Crippen LogP contribution in [0.2, 0.25) is 0 Å². The minimum absolute atomic E-state index is 0.217. The average Bonchev–Trinajstić information content (AvgIpc) is 2.76. The Kier molecular flexibility index (Phi) is 1.96. The van der Waals surface area contributed by atoms with Crippen LogP contribution in [0.15, 0.2) is 4.52 Å². The fraction of sp³-hybridized carbons (Fsp3) is 0.846. The molecule has 4 heteroatoms. The molecule has 5 rings (SSSR count). The number of rotatable bonds is 2. The van der Waals surface area contributed by atoms with Crippen molar-refractivity contribution in [2.24, 2.45) is 23.5 Å². The molecule has 4 saturated carbocycles. The molecular formula is C13H19N3O. The minimum atomic E-state index is 0.217. The van der Waals surface area contributed by atoms with Crippen LogP contribution in [-0.4, -0.2) is 10.1 Å². The Bertz CT molecular complexity index is 404. The Hall–Kier alpha value is -0.900. The molecule has 4 fully saturated rings. The smallest absolute Gasteiger partial charge is 0.232 e. The van der Waals surface area contributed by atoms with Crippen LogP contribution in [0.25, 0.3) is 0 Å². The van der Waals surface area contributed by atoms with Gasteiger partial charge in [0, 0.05) is 0 Å². The molecule has 1 heterocycles. The molecule has 4 aliphatic rings. The van der Waals surface area contributed by atoms with Crippen molar-refractivity contribution < 1.29 is 4.52 Å². The van der Waals surface area contributed by atoms with Gasteiger partial charge >= 0.3 is 0 Å². The summed E-state index contributed by atoms with van der Waals surface area (Å²) in [5.74, 6) is 4.28. The highest BCUT2D eigenvalue weighted by Gasteiger charge is 2.54. The highest BCUT2D eigenvalue weighted by atomic mass is 16.5. The summed E-state index contributed by atoms with van der Waals surface area (Å²) in [6, 6.07) is 0. The predicted octanol–water partition coefficient (Wildman–Crippen LogP) is 2.00. The molecule has 0 amide bonds. The zero-order valence-electron chi connectivity index (χ0n) is 10.1. The average molecular weight is 233 g/mol. The summed E-state index contributed by atoms with van der Waals surface area (Å²) in [7, 11) is 0. The number of hydrogen-bond acceptors (Lipinski definition) is 4. The Morgan fingerprint density at radius 3 is 2.18 bits per heavy atom. The largest absolute Gasteiger partial charge is 0.339 e. The summed E-state index contributed by atoms with van der Waals surface area (Å²) < 4.78 is 5.50. The first-order chi connectivity index (χ1) is 8.27. The number of aromatic nitrogens is 2. The molecule has 0 aliphatic heterocycles. The van der Waals surface area contributed by atoms with Gasteiger partial charge in [0.05, 0.1) is 12.0 Å². The Morgan fingerprint density at radius 1 is 1.12 bits per heavy atom. The van der Waals surface area contributed by atoms with E-state index < -0.39 is 0 Å². The van der Waals surface area contributed by atoms with E-state index in [1.165, 1.54) is 38.5 Å². The molecule has 4 aliphatic carbocycles. The number of nitrogens with zero attached hydrogens (tertiary/aromatic N) is 2. The van der Waals surface area contributed by atoms with E-state index in [2.05, 4.69) is 10.1 Å². The maximum absolute atomic E-state index is 5.57. The lowest BCUT2D eigenvalue weighted by molar-refractivity contribution is -0.0201. The van der Waals surface area contributed by atoms with Crippen LogP contribution in [0, 0.1) is 17.8 Å². The molecule has 0 radical (unpaired) electrons. The van der Waals surface area contributed by atoms with E-state index in [4.69, 9.17) is 10.3 Å². The molecular weight excluding hydrogens is 214 g/mol. The maximum Gasteiger partial charge on any atom is 0.232 e. The fourth-order valence-electron chi connectivity index (χ4n) is 4.92. The molecule has 1 aromatic heterocycles. The third-order valence-electron chi connectivity index (χ3n) is 5.14. The first kappa shape index (κ1) is 10.1. The molecule has 0 saturated heterocycles. The van der Waals surface area contributed by atoms with E-state index in [0.29, 0.717) is 12.4 Å². The predicted molar refractivity (Wildman–Crippen MR) is 62.0 cm³/mol. The molecule has 92 valence electrons. The van der Waals surface area contributed by atoms with Gasteiger partial charge in [0.25, 0.3) is 0 Å². The van der Waals surface area contributed by atoms with E-state index >= 15 is 0 Å². The van der Waals surface area contributed by atoms with Crippen LogP contribution in [0.5, 0.6) is 0 Å². The second-order valence-corrected chi connectivity index (χ2v) is 6.42. The Balaban J connectivity index is 1.72. The van der Waals surface area contributed by atoms with Crippen molar-refractivity contribution in [2.75, 3.05) is 0 Å². The van der Waals surface area contributed by atoms with Crippen molar-refractivity contribution in [1.82, 2.24) is 10.1 Å². The molecule has 2 N–H and O–H groups in total. The molecule has 0 atom stereocenters. The van der Waals surface area contributed by atoms with Crippen LogP contribution in [-0.2, 0) is 12.0 Å². The van der Waals surface area contributed by atoms with Crippen molar-refractivity contribution in [3.8, 4) is 0 Å². The van der Waals surface area contributed by atoms with Gasteiger partial charge in [0.15, 0.2) is 5.82 Å². The van der Waals surface area contributed by atoms with Gasteiger partial charge < -0.3 is 10.3 Å². The summed E-state index contributed by atoms with van der Waals surface area (Å²) in [5.41, 5.74) is 5.79. The molecule has 0 unspecified atom stereocenters. The normalized spacial score (nSPS) is 43.2. The topological polar surface area (TPSA) is 64.9 Å². The quantitative estimate of drug-likeness (QED) is 0.848. The van der Waals surface area contributed by atoms with E-state index in [1.54, 1.807) is 0 Å². The molecule has 4 nitrogen and oxygen atoms in total. The summed E-state index contributed by atoms with van der Waals surface area (Å²) in [6.45, 7) is 0.385. The lowest BCUT2D eigenvalue weighted by Gasteiger charge is -2.55. The van der Waals surface area contributed by atoms with Crippen molar-refractivity contribution in [2.45, 2.75) is 50.5 Å². The SMILES string of the molecule is NCc1noc(C23CC4CC(CC(C4)C2)C3)n1. The fourth-order valence-corrected chi connectivity index (χ4v) is 4.92. The van der Waals surface area contributed by atoms with Gasteiger partial charge in [-0.3, -0.25) is 0 Å². The van der Waals surface area contributed by atoms with E-state index in [-0.39, 0.29) is 5.41 Å². The van der Waals surface area contributed by atoms with Crippen LogP contribution in [0.4, 0.5) is 0 Å². The van der Waals surface area contributed by atoms with Crippen LogP contribution < -0.4 is 5.73 Å². The zero-order chi connectivity index (χ0) is 11.5. The minimum Gasteiger partial charge on any atom is -0.339 e. The van der Waals surface area contributed by atoms with Gasteiger partial charge in [-0.2, -0.15) is 4.98 Å². The van der Waals surface area contributed by atoms with Crippen molar-refractivity contribution in [3.63, 3.8) is 0 Å². The first-order valence-electron chi connectivity index (χ1n) is 6.80. The Morgan fingerprint density at radius 2 is 1.71 bits per heavy atom. The number of hydrogen-bond donors (Lipinski definition) is 1. The van der Waals surface area contributed by atoms with Crippen molar-refractivity contribution in [1.29, 1.82) is 0 Å². The maximum atomic E-state index is 5.57. The van der Waals surface area contributed by atoms with Gasteiger partial charge in [-0.25, -0.2) is 0 Å². The first-order valence-corrected chi connectivity index (χ1v) is 6.80. The molecule has 1 aromatic rings. The second kappa shape index (κ2) is 3.31. The van der Waals surface area contributed by atoms with Gasteiger partial charge in [-0.15, -0.1) is 0 Å². The van der Waals surface area contributed by atoms with Gasteiger partial charge in [-0.05, 0) is 56.3 Å². The van der Waals surface area contributed by atoms with Gasteiger partial charge in [-0.1, -0.05) is 5.16 Å². The van der Waals surface area contributed by atoms with Gasteiger partial charge in [0.1, 0.15) is 0 Å². The van der Waals surface area contributed by atoms with Crippen molar-refractivity contribution >= 4 is 0 Å². The monoisotopic (exact) mass is 233 g/mol. The third kappa shape index (κ3) is 1.39. The van der Waals surface area contributed by atoms with Crippen LogP contribution >= 0.6 is 0 Å². The highest BCUT2D eigenvalue weighted by Crippen LogP contribution is 2.60. The summed E-state index contributed by atoms with van der Waals surface area (Å²) in [6.07, 6.45) is 8.13. The molecule has 0 spiro atoms. The second-order valence-electron chi connectivity index (χ2n) is 6.42. The van der Waals surface area contributed by atoms with Crippen molar-refractivity contribution in [3.05, 3.63) is 11.7 Å². The highest BCUT2D eigenvalue weighted by molar-refractivity contribution is 5.15. The molecule has 17 heavy (non-hydrogen) atoms. The van der Waals surface area contributed by atoms with E-state index in [1.807, 2.05) is 0 Å². The Labute approximate surface area is 101 Å². The third-order valence-corrected chi connectivity index (χ3v) is 5.14. The van der Waals surface area contributed by atoms with Gasteiger partial charge in [0.2, 0.25) is 5.89 Å². The number of nitrogens with two attached hydrogens (primary N) is 1. The molecule has 4 bridgehead atoms. The standard InChI is InChI=1S/C13H19N3O/c14-7-11-15-12(17-16-11)13-4-8-1-9(5-13)3-10(2-8)6-13/h8-10H,1-7,14H2. The summed E-state index contributed by atoms with van der Waals surface area (Å²) >= 11 is 0. The summed E-state index contributed by atoms with van der Waals surface area (Å²) in [5, 5.41) is 3.98. The van der Waals surface area contributed by atoms with E-state index in [0.717, 1.165) is 23.6 Å². The summed E-state index contributed by atoms with van der Waals surface area (Å²) in [4.78, 5) is 4.52. The van der Waals surface area contributed by atoms with Crippen LogP contribution in [0.3, 0.4) is 0 Å². The lowest BCUT2D eigenvalue weighted by atomic mass is 9.49. The zero-order valence-corrected chi connectivity index (χ0v) is 10.1. The molecule has 0 aromatic carbocycles. The lowest BCUT2D eigenvalue weighted by Crippen LogP contribution is -2.48.